The molecule has 6 heteroatoms. The number of aromatic carboxylic acids is 1. The SMILES string of the molecule is O=C(O)c1cc(Br)cn1-c1cc(Cl)ccc1Cl. The van der Waals surface area contributed by atoms with Crippen LogP contribution in [0.5, 0.6) is 0 Å². The number of carbonyl (C=O) groups is 1. The summed E-state index contributed by atoms with van der Waals surface area (Å²) >= 11 is 15.1. The first kappa shape index (κ1) is 12.5. The summed E-state index contributed by atoms with van der Waals surface area (Å²) < 4.78 is 2.13. The number of rotatable bonds is 2. The molecule has 17 heavy (non-hydrogen) atoms. The second kappa shape index (κ2) is 4.72. The van der Waals surface area contributed by atoms with Gasteiger partial charge in [0.05, 0.1) is 10.7 Å². The van der Waals surface area contributed by atoms with Crippen LogP contribution in [0, 0.1) is 0 Å². The van der Waals surface area contributed by atoms with Gasteiger partial charge >= 0.3 is 5.97 Å². The van der Waals surface area contributed by atoms with Crippen molar-refractivity contribution in [2.24, 2.45) is 0 Å². The van der Waals surface area contributed by atoms with Crippen LogP contribution in [-0.2, 0) is 0 Å². The van der Waals surface area contributed by atoms with Gasteiger partial charge < -0.3 is 9.67 Å². The van der Waals surface area contributed by atoms with Crippen LogP contribution in [-0.4, -0.2) is 15.6 Å². The summed E-state index contributed by atoms with van der Waals surface area (Å²) in [6.07, 6.45) is 1.63. The number of halogens is 3. The second-order valence-electron chi connectivity index (χ2n) is 3.31. The first-order chi connectivity index (χ1) is 7.99. The maximum atomic E-state index is 11.1. The molecule has 0 amide bonds. The van der Waals surface area contributed by atoms with E-state index < -0.39 is 5.97 Å². The number of carboxylic acids is 1. The zero-order valence-electron chi connectivity index (χ0n) is 8.32. The van der Waals surface area contributed by atoms with E-state index in [1.807, 2.05) is 0 Å². The number of carboxylic acid groups (broad SMARTS) is 1. The van der Waals surface area contributed by atoms with Gasteiger partial charge in [-0.15, -0.1) is 0 Å². The molecular formula is C11H6BrCl2NO2. The van der Waals surface area contributed by atoms with E-state index in [9.17, 15) is 4.79 Å². The highest BCUT2D eigenvalue weighted by atomic mass is 79.9. The Bertz CT molecular complexity index is 595. The molecule has 0 saturated heterocycles. The van der Waals surface area contributed by atoms with E-state index in [1.54, 1.807) is 24.4 Å². The van der Waals surface area contributed by atoms with Crippen molar-refractivity contribution in [2.45, 2.75) is 0 Å². The minimum absolute atomic E-state index is 0.112. The van der Waals surface area contributed by atoms with E-state index in [0.29, 0.717) is 20.2 Å². The van der Waals surface area contributed by atoms with E-state index in [4.69, 9.17) is 28.3 Å². The summed E-state index contributed by atoms with van der Waals surface area (Å²) in [7, 11) is 0. The molecule has 1 aromatic carbocycles. The van der Waals surface area contributed by atoms with Crippen molar-refractivity contribution in [2.75, 3.05) is 0 Å². The molecule has 0 atom stereocenters. The monoisotopic (exact) mass is 333 g/mol. The molecule has 0 spiro atoms. The lowest BCUT2D eigenvalue weighted by Gasteiger charge is -2.08. The maximum absolute atomic E-state index is 11.1. The molecule has 0 radical (unpaired) electrons. The predicted octanol–water partition coefficient (Wildman–Crippen LogP) is 4.24. The number of benzene rings is 1. The molecule has 0 bridgehead atoms. The zero-order valence-corrected chi connectivity index (χ0v) is 11.4. The van der Waals surface area contributed by atoms with E-state index in [1.165, 1.54) is 10.6 Å². The third-order valence-corrected chi connectivity index (χ3v) is 3.16. The van der Waals surface area contributed by atoms with Crippen LogP contribution in [0.1, 0.15) is 10.5 Å². The summed E-state index contributed by atoms with van der Waals surface area (Å²) in [5, 5.41) is 10.0. The standard InChI is InChI=1S/C11H6BrCl2NO2/c12-6-3-10(11(16)17)15(5-6)9-4-7(13)1-2-8(9)14/h1-5H,(H,16,17). The molecule has 1 aromatic heterocycles. The topological polar surface area (TPSA) is 42.2 Å². The smallest absolute Gasteiger partial charge is 0.352 e. The average Bonchev–Trinajstić information content (AvgIpc) is 2.64. The molecule has 0 aliphatic rings. The highest BCUT2D eigenvalue weighted by molar-refractivity contribution is 9.10. The molecule has 1 heterocycles. The van der Waals surface area contributed by atoms with Crippen LogP contribution >= 0.6 is 39.1 Å². The summed E-state index contributed by atoms with van der Waals surface area (Å²) in [6.45, 7) is 0. The van der Waals surface area contributed by atoms with Gasteiger partial charge in [0.25, 0.3) is 0 Å². The van der Waals surface area contributed by atoms with Crippen molar-refractivity contribution >= 4 is 45.1 Å². The van der Waals surface area contributed by atoms with Crippen LogP contribution in [0.2, 0.25) is 10.0 Å². The number of hydrogen-bond donors (Lipinski definition) is 1. The predicted molar refractivity (Wildman–Crippen MR) is 70.4 cm³/mol. The van der Waals surface area contributed by atoms with E-state index in [-0.39, 0.29) is 5.69 Å². The van der Waals surface area contributed by atoms with Crippen molar-refractivity contribution in [3.63, 3.8) is 0 Å². The van der Waals surface area contributed by atoms with Gasteiger partial charge in [-0.25, -0.2) is 4.79 Å². The number of nitrogens with zero attached hydrogens (tertiary/aromatic N) is 1. The minimum atomic E-state index is -1.04. The van der Waals surface area contributed by atoms with Crippen LogP contribution in [0.25, 0.3) is 5.69 Å². The first-order valence-corrected chi connectivity index (χ1v) is 6.10. The van der Waals surface area contributed by atoms with Crippen LogP contribution in [0.3, 0.4) is 0 Å². The van der Waals surface area contributed by atoms with Crippen LogP contribution < -0.4 is 0 Å². The van der Waals surface area contributed by atoms with E-state index in [2.05, 4.69) is 15.9 Å². The normalized spacial score (nSPS) is 10.5. The number of hydrogen-bond acceptors (Lipinski definition) is 1. The van der Waals surface area contributed by atoms with Gasteiger partial charge in [0, 0.05) is 15.7 Å². The Hall–Kier alpha value is -0.970. The summed E-state index contributed by atoms with van der Waals surface area (Å²) in [5.74, 6) is -1.04. The Kier molecular flexibility index (Phi) is 3.47. The Morgan fingerprint density at radius 1 is 1.29 bits per heavy atom. The summed E-state index contributed by atoms with van der Waals surface area (Å²) in [4.78, 5) is 11.1. The lowest BCUT2D eigenvalue weighted by molar-refractivity contribution is 0.0688. The molecule has 88 valence electrons. The minimum Gasteiger partial charge on any atom is -0.477 e. The first-order valence-electron chi connectivity index (χ1n) is 4.55. The van der Waals surface area contributed by atoms with Gasteiger partial charge in [0.15, 0.2) is 0 Å². The van der Waals surface area contributed by atoms with Crippen LogP contribution in [0.15, 0.2) is 34.9 Å². The Morgan fingerprint density at radius 2 is 2.00 bits per heavy atom. The largest absolute Gasteiger partial charge is 0.477 e. The molecule has 0 fully saturated rings. The molecular weight excluding hydrogens is 329 g/mol. The lowest BCUT2D eigenvalue weighted by atomic mass is 10.3. The van der Waals surface area contributed by atoms with Gasteiger partial charge in [0.1, 0.15) is 5.69 Å². The molecule has 0 saturated carbocycles. The Morgan fingerprint density at radius 3 is 2.65 bits per heavy atom. The molecule has 2 aromatic rings. The maximum Gasteiger partial charge on any atom is 0.352 e. The Balaban J connectivity index is 2.67. The molecule has 0 aliphatic heterocycles. The van der Waals surface area contributed by atoms with Gasteiger partial charge in [-0.3, -0.25) is 0 Å². The molecule has 1 N–H and O–H groups in total. The lowest BCUT2D eigenvalue weighted by Crippen LogP contribution is -2.05. The fraction of sp³-hybridized carbons (Fsp3) is 0. The van der Waals surface area contributed by atoms with Gasteiger partial charge in [-0.1, -0.05) is 23.2 Å². The number of aromatic nitrogens is 1. The molecule has 0 aliphatic carbocycles. The zero-order chi connectivity index (χ0) is 12.6. The molecule has 3 nitrogen and oxygen atoms in total. The van der Waals surface area contributed by atoms with Gasteiger partial charge in [-0.2, -0.15) is 0 Å². The van der Waals surface area contributed by atoms with E-state index >= 15 is 0 Å². The average molecular weight is 335 g/mol. The van der Waals surface area contributed by atoms with Gasteiger partial charge in [-0.05, 0) is 40.2 Å². The van der Waals surface area contributed by atoms with Gasteiger partial charge in [0.2, 0.25) is 0 Å². The van der Waals surface area contributed by atoms with Crippen molar-refractivity contribution in [3.05, 3.63) is 50.7 Å². The summed E-state index contributed by atoms with van der Waals surface area (Å²) in [6, 6.07) is 6.38. The molecule has 0 unspecified atom stereocenters. The third kappa shape index (κ3) is 2.49. The second-order valence-corrected chi connectivity index (χ2v) is 5.07. The van der Waals surface area contributed by atoms with Crippen molar-refractivity contribution < 1.29 is 9.90 Å². The van der Waals surface area contributed by atoms with E-state index in [0.717, 1.165) is 0 Å². The van der Waals surface area contributed by atoms with Crippen LogP contribution in [0.4, 0.5) is 0 Å². The fourth-order valence-electron chi connectivity index (χ4n) is 1.46. The highest BCUT2D eigenvalue weighted by Gasteiger charge is 2.15. The van der Waals surface area contributed by atoms with Crippen molar-refractivity contribution in [3.8, 4) is 5.69 Å². The summed E-state index contributed by atoms with van der Waals surface area (Å²) in [5.41, 5.74) is 0.642. The third-order valence-electron chi connectivity index (χ3n) is 2.17. The molecule has 2 rings (SSSR count). The highest BCUT2D eigenvalue weighted by Crippen LogP contribution is 2.28. The van der Waals surface area contributed by atoms with Crippen molar-refractivity contribution in [1.82, 2.24) is 4.57 Å². The Labute approximate surface area is 116 Å². The quantitative estimate of drug-likeness (QED) is 0.892. The van der Waals surface area contributed by atoms with Crippen molar-refractivity contribution in [1.29, 1.82) is 0 Å². The fourth-order valence-corrected chi connectivity index (χ4v) is 2.26.